The third-order valence-corrected chi connectivity index (χ3v) is 1.94. The van der Waals surface area contributed by atoms with Crippen molar-refractivity contribution in [3.05, 3.63) is 40.6 Å². The second kappa shape index (κ2) is 4.05. The summed E-state index contributed by atoms with van der Waals surface area (Å²) >= 11 is 0. The van der Waals surface area contributed by atoms with E-state index < -0.39 is 5.69 Å². The highest BCUT2D eigenvalue weighted by Crippen LogP contribution is 1.95. The van der Waals surface area contributed by atoms with Crippen molar-refractivity contribution >= 4 is 5.95 Å². The Balaban J connectivity index is 2.31. The van der Waals surface area contributed by atoms with Gasteiger partial charge in [0, 0.05) is 11.9 Å². The first-order chi connectivity index (χ1) is 7.65. The second-order valence-corrected chi connectivity index (χ2v) is 3.24. The average Bonchev–Trinajstić information content (AvgIpc) is 2.22. The Bertz CT molecular complexity index is 564. The number of rotatable bonds is 2. The van der Waals surface area contributed by atoms with E-state index in [1.807, 2.05) is 6.92 Å². The summed E-state index contributed by atoms with van der Waals surface area (Å²) in [5.41, 5.74) is 5.66. The van der Waals surface area contributed by atoms with Gasteiger partial charge in [0.2, 0.25) is 5.95 Å². The zero-order chi connectivity index (χ0) is 11.5. The zero-order valence-electron chi connectivity index (χ0n) is 8.66. The molecule has 2 heterocycles. The van der Waals surface area contributed by atoms with Crippen LogP contribution in [0.15, 0.2) is 23.4 Å². The molecule has 0 atom stereocenters. The number of nitrogen functional groups attached to an aromatic ring is 1. The van der Waals surface area contributed by atoms with Crippen molar-refractivity contribution in [3.8, 4) is 0 Å². The van der Waals surface area contributed by atoms with E-state index in [0.29, 0.717) is 5.82 Å². The lowest BCUT2D eigenvalue weighted by molar-refractivity contribution is 0.669. The Morgan fingerprint density at radius 2 is 2.19 bits per heavy atom. The molecule has 0 radical (unpaired) electrons. The fraction of sp³-hybridized carbons (Fsp3) is 0.222. The van der Waals surface area contributed by atoms with Gasteiger partial charge in [-0.25, -0.2) is 19.7 Å². The van der Waals surface area contributed by atoms with Gasteiger partial charge in [-0.05, 0) is 13.0 Å². The van der Waals surface area contributed by atoms with Crippen LogP contribution >= 0.6 is 0 Å². The quantitative estimate of drug-likeness (QED) is 0.720. The summed E-state index contributed by atoms with van der Waals surface area (Å²) < 4.78 is 1.30. The molecule has 0 fully saturated rings. The van der Waals surface area contributed by atoms with Crippen LogP contribution in [0.3, 0.4) is 0 Å². The highest BCUT2D eigenvalue weighted by molar-refractivity contribution is 5.10. The van der Waals surface area contributed by atoms with Gasteiger partial charge in [-0.2, -0.15) is 4.98 Å². The van der Waals surface area contributed by atoms with Crippen molar-refractivity contribution in [3.63, 3.8) is 0 Å². The minimum Gasteiger partial charge on any atom is -0.368 e. The molecule has 16 heavy (non-hydrogen) atoms. The van der Waals surface area contributed by atoms with Crippen molar-refractivity contribution in [2.75, 3.05) is 5.73 Å². The summed E-state index contributed by atoms with van der Waals surface area (Å²) in [7, 11) is 0. The van der Waals surface area contributed by atoms with Crippen LogP contribution in [0, 0.1) is 6.92 Å². The Morgan fingerprint density at radius 3 is 2.88 bits per heavy atom. The van der Waals surface area contributed by atoms with E-state index >= 15 is 0 Å². The summed E-state index contributed by atoms with van der Waals surface area (Å²) in [6.45, 7) is 2.09. The van der Waals surface area contributed by atoms with Crippen LogP contribution in [0.2, 0.25) is 0 Å². The molecule has 0 amide bonds. The van der Waals surface area contributed by atoms with Crippen molar-refractivity contribution in [2.45, 2.75) is 13.5 Å². The highest BCUT2D eigenvalue weighted by Gasteiger charge is 2.02. The monoisotopic (exact) mass is 218 g/mol. The van der Waals surface area contributed by atoms with Gasteiger partial charge in [-0.3, -0.25) is 4.57 Å². The first-order valence-electron chi connectivity index (χ1n) is 4.62. The van der Waals surface area contributed by atoms with Gasteiger partial charge >= 0.3 is 5.69 Å². The molecule has 2 N–H and O–H groups in total. The van der Waals surface area contributed by atoms with E-state index in [1.165, 1.54) is 10.9 Å². The van der Waals surface area contributed by atoms with E-state index in [9.17, 15) is 4.79 Å². The molecular formula is C9H10N6O. The molecule has 2 aromatic heterocycles. The van der Waals surface area contributed by atoms with Crippen LogP contribution in [0.5, 0.6) is 0 Å². The van der Waals surface area contributed by atoms with Crippen molar-refractivity contribution < 1.29 is 0 Å². The van der Waals surface area contributed by atoms with Crippen molar-refractivity contribution in [1.82, 2.24) is 24.5 Å². The standard InChI is InChI=1S/C9H10N6O/c1-6-2-3-11-7(13-6)4-15-5-12-8(10)14-9(15)16/h2-3,5H,4H2,1H3,(H2,10,14,16). The van der Waals surface area contributed by atoms with Crippen LogP contribution in [-0.2, 0) is 6.54 Å². The van der Waals surface area contributed by atoms with E-state index in [1.54, 1.807) is 12.3 Å². The predicted octanol–water partition coefficient (Wildman–Crippen LogP) is -0.633. The normalized spacial score (nSPS) is 10.3. The first kappa shape index (κ1) is 10.2. The Kier molecular flexibility index (Phi) is 2.59. The second-order valence-electron chi connectivity index (χ2n) is 3.24. The summed E-state index contributed by atoms with van der Waals surface area (Å²) in [4.78, 5) is 26.9. The first-order valence-corrected chi connectivity index (χ1v) is 4.62. The summed E-state index contributed by atoms with van der Waals surface area (Å²) in [5.74, 6) is 0.502. The lowest BCUT2D eigenvalue weighted by atomic mass is 10.4. The molecule has 82 valence electrons. The number of nitrogens with zero attached hydrogens (tertiary/aromatic N) is 5. The molecule has 0 aliphatic rings. The van der Waals surface area contributed by atoms with Gasteiger partial charge in [0.25, 0.3) is 0 Å². The number of hydrogen-bond donors (Lipinski definition) is 1. The third-order valence-electron chi connectivity index (χ3n) is 1.94. The fourth-order valence-electron chi connectivity index (χ4n) is 1.21. The lowest BCUT2D eigenvalue weighted by Crippen LogP contribution is -2.25. The highest BCUT2D eigenvalue weighted by atomic mass is 16.1. The lowest BCUT2D eigenvalue weighted by Gasteiger charge is -2.03. The van der Waals surface area contributed by atoms with Crippen LogP contribution in [-0.4, -0.2) is 24.5 Å². The molecule has 0 spiro atoms. The largest absolute Gasteiger partial charge is 0.368 e. The summed E-state index contributed by atoms with van der Waals surface area (Å²) in [6, 6.07) is 1.78. The van der Waals surface area contributed by atoms with Crippen LogP contribution < -0.4 is 11.4 Å². The molecule has 7 heteroatoms. The summed E-state index contributed by atoms with van der Waals surface area (Å²) in [5, 5.41) is 0. The maximum atomic E-state index is 11.4. The number of hydrogen-bond acceptors (Lipinski definition) is 6. The Labute approximate surface area is 91.0 Å². The van der Waals surface area contributed by atoms with Crippen LogP contribution in [0.1, 0.15) is 11.5 Å². The molecule has 0 saturated carbocycles. The van der Waals surface area contributed by atoms with Crippen molar-refractivity contribution in [1.29, 1.82) is 0 Å². The topological polar surface area (TPSA) is 99.6 Å². The van der Waals surface area contributed by atoms with E-state index in [0.717, 1.165) is 5.69 Å². The third kappa shape index (κ3) is 2.19. The number of nitrogens with two attached hydrogens (primary N) is 1. The van der Waals surface area contributed by atoms with Crippen molar-refractivity contribution in [2.24, 2.45) is 0 Å². The minimum atomic E-state index is -0.461. The summed E-state index contributed by atoms with van der Waals surface area (Å²) in [6.07, 6.45) is 2.97. The van der Waals surface area contributed by atoms with Gasteiger partial charge in [0.15, 0.2) is 0 Å². The van der Waals surface area contributed by atoms with E-state index in [2.05, 4.69) is 19.9 Å². The Hall–Kier alpha value is -2.31. The van der Waals surface area contributed by atoms with Gasteiger partial charge in [0.05, 0.1) is 6.54 Å². The smallest absolute Gasteiger partial charge is 0.352 e. The van der Waals surface area contributed by atoms with Crippen LogP contribution in [0.4, 0.5) is 5.95 Å². The molecule has 0 unspecified atom stereocenters. The molecule has 0 aliphatic carbocycles. The SMILES string of the molecule is Cc1ccnc(Cn2cnc(N)nc2=O)n1. The molecule has 2 rings (SSSR count). The van der Waals surface area contributed by atoms with Crippen LogP contribution in [0.25, 0.3) is 0 Å². The van der Waals surface area contributed by atoms with Gasteiger partial charge in [-0.15, -0.1) is 0 Å². The molecule has 0 saturated heterocycles. The Morgan fingerprint density at radius 1 is 1.38 bits per heavy atom. The van der Waals surface area contributed by atoms with Gasteiger partial charge < -0.3 is 5.73 Å². The zero-order valence-corrected chi connectivity index (χ0v) is 8.66. The molecule has 0 aromatic carbocycles. The van der Waals surface area contributed by atoms with E-state index in [-0.39, 0.29) is 12.5 Å². The minimum absolute atomic E-state index is 0.0357. The fourth-order valence-corrected chi connectivity index (χ4v) is 1.21. The average molecular weight is 218 g/mol. The number of aromatic nitrogens is 5. The molecule has 2 aromatic rings. The molecule has 7 nitrogen and oxygen atoms in total. The maximum absolute atomic E-state index is 11.4. The number of anilines is 1. The van der Waals surface area contributed by atoms with Gasteiger partial charge in [-0.1, -0.05) is 0 Å². The van der Waals surface area contributed by atoms with E-state index in [4.69, 9.17) is 5.73 Å². The predicted molar refractivity (Wildman–Crippen MR) is 56.6 cm³/mol. The maximum Gasteiger partial charge on any atom is 0.352 e. The molecule has 0 bridgehead atoms. The van der Waals surface area contributed by atoms with Gasteiger partial charge in [0.1, 0.15) is 12.2 Å². The number of aryl methyl sites for hydroxylation is 1. The molecule has 0 aliphatic heterocycles. The molecular weight excluding hydrogens is 208 g/mol.